The molecule has 9 nitrogen and oxygen atoms in total. The number of carbonyl (C=O) groups excluding carboxylic acids is 1. The number of pyridine rings is 2. The zero-order chi connectivity index (χ0) is 25.4. The topological polar surface area (TPSA) is 108 Å². The van der Waals surface area contributed by atoms with Crippen LogP contribution in [0.5, 0.6) is 17.4 Å². The SMILES string of the molecule is Cc1c(Oc2ncc(Cl)cc2OCC(F)(F)F)ccc2nc(C(=O)NC3(C)CCS(=O)CC3)nn12. The van der Waals surface area contributed by atoms with Crippen LogP contribution in [0.25, 0.3) is 5.65 Å². The Morgan fingerprint density at radius 3 is 2.69 bits per heavy atom. The number of aromatic nitrogens is 4. The van der Waals surface area contributed by atoms with E-state index in [1.165, 1.54) is 22.8 Å². The summed E-state index contributed by atoms with van der Waals surface area (Å²) in [4.78, 5) is 21.0. The van der Waals surface area contributed by atoms with Crippen LogP contribution in [0.2, 0.25) is 5.02 Å². The predicted molar refractivity (Wildman–Crippen MR) is 122 cm³/mol. The molecule has 4 heterocycles. The Balaban J connectivity index is 1.56. The minimum atomic E-state index is -4.56. The van der Waals surface area contributed by atoms with Crippen LogP contribution in [-0.4, -0.2) is 59.5 Å². The molecule has 0 unspecified atom stereocenters. The number of hydrogen-bond acceptors (Lipinski definition) is 7. The van der Waals surface area contributed by atoms with Crippen molar-refractivity contribution in [2.45, 2.75) is 38.4 Å². The Morgan fingerprint density at radius 1 is 1.29 bits per heavy atom. The van der Waals surface area contributed by atoms with E-state index in [2.05, 4.69) is 20.4 Å². The number of rotatable bonds is 6. The van der Waals surface area contributed by atoms with Gasteiger partial charge in [0.25, 0.3) is 11.8 Å². The van der Waals surface area contributed by atoms with Gasteiger partial charge in [0, 0.05) is 40.1 Å². The molecule has 1 fully saturated rings. The Labute approximate surface area is 205 Å². The summed E-state index contributed by atoms with van der Waals surface area (Å²) in [5.74, 6) is 0.217. The Kier molecular flexibility index (Phi) is 6.91. The molecule has 0 aromatic carbocycles. The van der Waals surface area contributed by atoms with Gasteiger partial charge >= 0.3 is 6.18 Å². The molecule has 14 heteroatoms. The van der Waals surface area contributed by atoms with E-state index >= 15 is 0 Å². The average Bonchev–Trinajstić information content (AvgIpc) is 3.23. The van der Waals surface area contributed by atoms with Crippen molar-refractivity contribution in [2.24, 2.45) is 0 Å². The van der Waals surface area contributed by atoms with Crippen molar-refractivity contribution in [1.29, 1.82) is 0 Å². The number of aryl methyl sites for hydroxylation is 1. The highest BCUT2D eigenvalue weighted by Gasteiger charge is 2.33. The van der Waals surface area contributed by atoms with Crippen molar-refractivity contribution in [3.63, 3.8) is 0 Å². The molecule has 3 aromatic rings. The quantitative estimate of drug-likeness (QED) is 0.514. The Morgan fingerprint density at radius 2 is 2.00 bits per heavy atom. The minimum absolute atomic E-state index is 0.0583. The molecule has 1 aliphatic heterocycles. The van der Waals surface area contributed by atoms with E-state index in [1.807, 2.05) is 6.92 Å². The molecule has 0 bridgehead atoms. The molecular weight excluding hydrogens is 511 g/mol. The number of amides is 1. The average molecular weight is 532 g/mol. The van der Waals surface area contributed by atoms with E-state index in [9.17, 15) is 22.2 Å². The normalized spacial score (nSPS) is 20.6. The molecule has 35 heavy (non-hydrogen) atoms. The number of nitrogens with one attached hydrogen (secondary N) is 1. The molecule has 0 spiro atoms. The number of ether oxygens (including phenoxy) is 2. The van der Waals surface area contributed by atoms with Crippen LogP contribution in [0.1, 0.15) is 36.1 Å². The fourth-order valence-corrected chi connectivity index (χ4v) is 5.18. The Bertz CT molecular complexity index is 1290. The highest BCUT2D eigenvalue weighted by Crippen LogP contribution is 2.34. The maximum atomic E-state index is 12.8. The second-order valence-corrected chi connectivity index (χ2v) is 10.4. The maximum Gasteiger partial charge on any atom is 0.422 e. The third-order valence-electron chi connectivity index (χ3n) is 5.45. The van der Waals surface area contributed by atoms with Gasteiger partial charge in [0.05, 0.1) is 10.7 Å². The molecule has 1 aliphatic rings. The van der Waals surface area contributed by atoms with E-state index in [4.69, 9.17) is 21.1 Å². The first-order valence-electron chi connectivity index (χ1n) is 10.5. The lowest BCUT2D eigenvalue weighted by Gasteiger charge is -2.33. The zero-order valence-corrected chi connectivity index (χ0v) is 20.3. The predicted octanol–water partition coefficient (Wildman–Crippen LogP) is 3.85. The number of nitrogens with zero attached hydrogens (tertiary/aromatic N) is 4. The smallest absolute Gasteiger partial charge is 0.422 e. The summed E-state index contributed by atoms with van der Waals surface area (Å²) in [6, 6.07) is 4.25. The molecule has 1 saturated heterocycles. The molecule has 1 amide bonds. The number of halogens is 4. The van der Waals surface area contributed by atoms with Gasteiger partial charge < -0.3 is 14.8 Å². The van der Waals surface area contributed by atoms with Crippen LogP contribution in [-0.2, 0) is 10.8 Å². The van der Waals surface area contributed by atoms with Crippen molar-refractivity contribution >= 4 is 34.0 Å². The van der Waals surface area contributed by atoms with Crippen molar-refractivity contribution in [1.82, 2.24) is 24.9 Å². The van der Waals surface area contributed by atoms with Crippen molar-refractivity contribution in [3.05, 3.63) is 40.9 Å². The summed E-state index contributed by atoms with van der Waals surface area (Å²) in [5, 5.41) is 7.27. The third kappa shape index (κ3) is 6.01. The summed E-state index contributed by atoms with van der Waals surface area (Å²) < 4.78 is 61.4. The summed E-state index contributed by atoms with van der Waals surface area (Å²) in [6.45, 7) is 1.99. The maximum absolute atomic E-state index is 12.8. The largest absolute Gasteiger partial charge is 0.478 e. The van der Waals surface area contributed by atoms with Gasteiger partial charge in [0.15, 0.2) is 23.8 Å². The summed E-state index contributed by atoms with van der Waals surface area (Å²) in [5.41, 5.74) is 0.290. The minimum Gasteiger partial charge on any atom is -0.478 e. The lowest BCUT2D eigenvalue weighted by molar-refractivity contribution is -0.153. The van der Waals surface area contributed by atoms with Crippen LogP contribution in [0.15, 0.2) is 24.4 Å². The monoisotopic (exact) mass is 531 g/mol. The van der Waals surface area contributed by atoms with Gasteiger partial charge in [0.2, 0.25) is 5.82 Å². The molecular formula is C21H21ClF3N5O4S. The Hall–Kier alpha value is -2.93. The molecule has 188 valence electrons. The van der Waals surface area contributed by atoms with Gasteiger partial charge in [-0.15, -0.1) is 5.10 Å². The van der Waals surface area contributed by atoms with Crippen molar-refractivity contribution in [2.75, 3.05) is 18.1 Å². The molecule has 4 rings (SSSR count). The molecule has 0 saturated carbocycles. The lowest BCUT2D eigenvalue weighted by Crippen LogP contribution is -2.50. The number of fused-ring (bicyclic) bond motifs is 1. The van der Waals surface area contributed by atoms with Crippen LogP contribution in [0, 0.1) is 6.92 Å². The second kappa shape index (κ2) is 9.61. The zero-order valence-electron chi connectivity index (χ0n) is 18.7. The first-order valence-corrected chi connectivity index (χ1v) is 12.4. The van der Waals surface area contributed by atoms with Gasteiger partial charge in [-0.1, -0.05) is 11.6 Å². The molecule has 0 aliphatic carbocycles. The van der Waals surface area contributed by atoms with Crippen molar-refractivity contribution in [3.8, 4) is 17.4 Å². The summed E-state index contributed by atoms with van der Waals surface area (Å²) in [6.07, 6.45) is -2.17. The van der Waals surface area contributed by atoms with Gasteiger partial charge in [-0.3, -0.25) is 9.00 Å². The van der Waals surface area contributed by atoms with Crippen LogP contribution in [0.4, 0.5) is 13.2 Å². The van der Waals surface area contributed by atoms with Crippen LogP contribution >= 0.6 is 11.6 Å². The highest BCUT2D eigenvalue weighted by atomic mass is 35.5. The van der Waals surface area contributed by atoms with E-state index in [-0.39, 0.29) is 28.2 Å². The summed E-state index contributed by atoms with van der Waals surface area (Å²) >= 11 is 5.84. The van der Waals surface area contributed by atoms with Gasteiger partial charge in [-0.25, -0.2) is 14.5 Å². The first kappa shape index (κ1) is 25.2. The van der Waals surface area contributed by atoms with E-state index in [1.54, 1.807) is 13.0 Å². The highest BCUT2D eigenvalue weighted by molar-refractivity contribution is 7.85. The van der Waals surface area contributed by atoms with Crippen molar-refractivity contribution < 1.29 is 31.6 Å². The number of alkyl halides is 3. The second-order valence-electron chi connectivity index (χ2n) is 8.31. The fraction of sp³-hybridized carbons (Fsp3) is 0.429. The van der Waals surface area contributed by atoms with E-state index in [0.717, 1.165) is 0 Å². The standard InChI is InChI=1S/C21H21ClF3N5O4S/c1-12-14(34-19-15(9-13(22)10-26-19)33-11-21(23,24)25)3-4-16-27-17(29-30(12)16)18(31)28-20(2)5-7-35(32)8-6-20/h3-4,9-10H,5-8,11H2,1-2H3,(H,28,31). The van der Waals surface area contributed by atoms with Crippen LogP contribution in [0.3, 0.4) is 0 Å². The lowest BCUT2D eigenvalue weighted by atomic mass is 9.95. The first-order chi connectivity index (χ1) is 16.4. The molecule has 3 aromatic heterocycles. The third-order valence-corrected chi connectivity index (χ3v) is 6.98. The number of carbonyl (C=O) groups is 1. The summed E-state index contributed by atoms with van der Waals surface area (Å²) in [7, 11) is -0.868. The van der Waals surface area contributed by atoms with Gasteiger partial charge in [0.1, 0.15) is 0 Å². The van der Waals surface area contributed by atoms with Gasteiger partial charge in [-0.2, -0.15) is 13.2 Å². The number of hydrogen-bond donors (Lipinski definition) is 1. The van der Waals surface area contributed by atoms with E-state index < -0.39 is 35.0 Å². The van der Waals surface area contributed by atoms with Crippen LogP contribution < -0.4 is 14.8 Å². The van der Waals surface area contributed by atoms with E-state index in [0.29, 0.717) is 35.7 Å². The molecule has 0 atom stereocenters. The molecule has 1 N–H and O–H groups in total. The molecule has 0 radical (unpaired) electrons. The van der Waals surface area contributed by atoms with Gasteiger partial charge in [-0.05, 0) is 38.8 Å². The fourth-order valence-electron chi connectivity index (χ4n) is 3.47.